The van der Waals surface area contributed by atoms with Gasteiger partial charge in [-0.3, -0.25) is 5.32 Å². The highest BCUT2D eigenvalue weighted by Gasteiger charge is 2.61. The molecule has 0 aromatic heterocycles. The molecule has 5 unspecified atom stereocenters. The minimum absolute atomic E-state index is 0.00850. The van der Waals surface area contributed by atoms with Gasteiger partial charge in [0.25, 0.3) is 0 Å². The van der Waals surface area contributed by atoms with Crippen molar-refractivity contribution >= 4 is 0 Å². The minimum atomic E-state index is -4.99. The van der Waals surface area contributed by atoms with Crippen molar-refractivity contribution in [3.8, 4) is 0 Å². The molecule has 0 aliphatic carbocycles. The molecule has 170 valence electrons. The Morgan fingerprint density at radius 1 is 1.00 bits per heavy atom. The van der Waals surface area contributed by atoms with Crippen molar-refractivity contribution in [1.82, 2.24) is 16.2 Å². The quantitative estimate of drug-likeness (QED) is 0.428. The monoisotopic (exact) mass is 437 g/mol. The summed E-state index contributed by atoms with van der Waals surface area (Å²) >= 11 is 0. The molecule has 0 aromatic carbocycles. The van der Waals surface area contributed by atoms with E-state index in [2.05, 4.69) is 16.2 Å². The zero-order valence-corrected chi connectivity index (χ0v) is 15.6. The maximum absolute atomic E-state index is 13.6. The van der Waals surface area contributed by atoms with Crippen LogP contribution in [0.25, 0.3) is 0 Å². The first kappa shape index (κ1) is 23.0. The second kappa shape index (κ2) is 8.44. The first-order valence-corrected chi connectivity index (χ1v) is 9.43. The molecule has 0 spiro atoms. The van der Waals surface area contributed by atoms with E-state index in [1.807, 2.05) is 0 Å². The van der Waals surface area contributed by atoms with Gasteiger partial charge in [0.2, 0.25) is 5.60 Å². The summed E-state index contributed by atoms with van der Waals surface area (Å²) in [6, 6.07) is -0.760. The maximum Gasteiger partial charge on any atom is 0.421 e. The molecule has 3 heterocycles. The van der Waals surface area contributed by atoms with Gasteiger partial charge in [-0.1, -0.05) is 0 Å². The van der Waals surface area contributed by atoms with E-state index < -0.39 is 61.1 Å². The Labute approximate surface area is 163 Å². The normalized spacial score (nSPS) is 43.0. The Kier molecular flexibility index (Phi) is 6.69. The molecule has 3 saturated heterocycles. The molecule has 0 radical (unpaired) electrons. The molecule has 4 N–H and O–H groups in total. The van der Waals surface area contributed by atoms with Crippen molar-refractivity contribution in [2.75, 3.05) is 13.2 Å². The van der Waals surface area contributed by atoms with Crippen LogP contribution in [0.1, 0.15) is 32.6 Å². The standard InChI is InChI=1S/C16H25F6N3O4/c1-8-7-27-6-2-5-14(26,16(20,21)22)13-25-24-12(29-13)10-4-3-9(15(17,18)19)11(23-10)28-8/h8-13,23-26H,2-7H2,1H3/t8-,9?,10?,11?,12?,13?,14-/m1/s1. The van der Waals surface area contributed by atoms with E-state index in [9.17, 15) is 31.4 Å². The van der Waals surface area contributed by atoms with Gasteiger partial charge in [-0.2, -0.15) is 26.3 Å². The second-order valence-corrected chi connectivity index (χ2v) is 7.69. The van der Waals surface area contributed by atoms with Crippen molar-refractivity contribution in [3.63, 3.8) is 0 Å². The second-order valence-electron chi connectivity index (χ2n) is 7.69. The van der Waals surface area contributed by atoms with E-state index in [0.29, 0.717) is 0 Å². The van der Waals surface area contributed by atoms with Crippen LogP contribution in [0.5, 0.6) is 0 Å². The third kappa shape index (κ3) is 4.97. The average Bonchev–Trinajstić information content (AvgIpc) is 3.09. The van der Waals surface area contributed by atoms with Gasteiger partial charge < -0.3 is 19.3 Å². The Bertz CT molecular complexity index is 566. The first-order chi connectivity index (χ1) is 13.4. The molecule has 0 aromatic rings. The predicted octanol–water partition coefficient (Wildman–Crippen LogP) is 1.53. The molecule has 29 heavy (non-hydrogen) atoms. The van der Waals surface area contributed by atoms with Crippen LogP contribution < -0.4 is 16.2 Å². The zero-order valence-electron chi connectivity index (χ0n) is 15.6. The van der Waals surface area contributed by atoms with Gasteiger partial charge in [0, 0.05) is 6.61 Å². The Morgan fingerprint density at radius 2 is 1.72 bits per heavy atom. The van der Waals surface area contributed by atoms with Crippen LogP contribution in [0.2, 0.25) is 0 Å². The van der Waals surface area contributed by atoms with Crippen LogP contribution >= 0.6 is 0 Å². The summed E-state index contributed by atoms with van der Waals surface area (Å²) in [5.41, 5.74) is 1.61. The number of alkyl halides is 6. The van der Waals surface area contributed by atoms with Gasteiger partial charge in [0.1, 0.15) is 12.5 Å². The molecule has 4 bridgehead atoms. The van der Waals surface area contributed by atoms with Crippen molar-refractivity contribution < 1.29 is 45.7 Å². The van der Waals surface area contributed by atoms with Crippen LogP contribution in [0.4, 0.5) is 26.3 Å². The summed E-state index contributed by atoms with van der Waals surface area (Å²) in [6.07, 6.45) is -15.6. The number of hydrogen-bond donors (Lipinski definition) is 4. The summed E-state index contributed by atoms with van der Waals surface area (Å²) in [6.45, 7) is 1.31. The maximum atomic E-state index is 13.6. The van der Waals surface area contributed by atoms with Gasteiger partial charge in [0.05, 0.1) is 24.7 Å². The van der Waals surface area contributed by atoms with Crippen molar-refractivity contribution in [3.05, 3.63) is 0 Å². The van der Waals surface area contributed by atoms with Crippen LogP contribution in [0, 0.1) is 5.92 Å². The van der Waals surface area contributed by atoms with E-state index in [1.165, 1.54) is 6.92 Å². The van der Waals surface area contributed by atoms with Crippen LogP contribution in [-0.2, 0) is 14.2 Å². The lowest BCUT2D eigenvalue weighted by molar-refractivity contribution is -0.301. The van der Waals surface area contributed by atoms with Gasteiger partial charge in [-0.05, 0) is 32.6 Å². The highest BCUT2D eigenvalue weighted by molar-refractivity contribution is 4.98. The number of halogens is 6. The number of hydrazine groups is 1. The number of aliphatic hydroxyl groups is 1. The number of hydrogen-bond acceptors (Lipinski definition) is 7. The molecule has 7 nitrogen and oxygen atoms in total. The molecule has 3 fully saturated rings. The third-order valence-electron chi connectivity index (χ3n) is 5.46. The average molecular weight is 437 g/mol. The van der Waals surface area contributed by atoms with Crippen LogP contribution in [0.15, 0.2) is 0 Å². The lowest BCUT2D eigenvalue weighted by atomic mass is 9.91. The van der Waals surface area contributed by atoms with Crippen molar-refractivity contribution in [1.29, 1.82) is 0 Å². The lowest BCUT2D eigenvalue weighted by Crippen LogP contribution is -2.60. The molecular formula is C16H25F6N3O4. The number of piperidine rings is 1. The van der Waals surface area contributed by atoms with Gasteiger partial charge in [0.15, 0.2) is 6.23 Å². The van der Waals surface area contributed by atoms with E-state index in [0.717, 1.165) is 0 Å². The van der Waals surface area contributed by atoms with Gasteiger partial charge >= 0.3 is 12.4 Å². The molecule has 7 atom stereocenters. The molecule has 3 aliphatic rings. The first-order valence-electron chi connectivity index (χ1n) is 9.43. The minimum Gasteiger partial charge on any atom is -0.379 e. The van der Waals surface area contributed by atoms with E-state index in [1.54, 1.807) is 0 Å². The third-order valence-corrected chi connectivity index (χ3v) is 5.46. The molecule has 0 amide bonds. The summed E-state index contributed by atoms with van der Waals surface area (Å²) in [7, 11) is 0. The largest absolute Gasteiger partial charge is 0.421 e. The fourth-order valence-electron chi connectivity index (χ4n) is 3.83. The SMILES string of the molecule is C[C@@H]1COCCC[C@](O)(C(F)(F)F)C2NNC(O2)C2CCC(C(F)(F)F)C(N2)O1. The highest BCUT2D eigenvalue weighted by Crippen LogP contribution is 2.40. The zero-order chi connectivity index (χ0) is 21.4. The summed E-state index contributed by atoms with van der Waals surface area (Å²) in [5, 5.41) is 13.0. The smallest absolute Gasteiger partial charge is 0.379 e. The topological polar surface area (TPSA) is 84.0 Å². The van der Waals surface area contributed by atoms with Crippen molar-refractivity contribution in [2.24, 2.45) is 5.92 Å². The van der Waals surface area contributed by atoms with E-state index in [4.69, 9.17) is 14.2 Å². The Balaban J connectivity index is 1.82. The fraction of sp³-hybridized carbons (Fsp3) is 1.00. The molecule has 13 heteroatoms. The Morgan fingerprint density at radius 3 is 2.38 bits per heavy atom. The van der Waals surface area contributed by atoms with E-state index >= 15 is 0 Å². The number of fused-ring (bicyclic) bond motifs is 5. The molecule has 0 saturated carbocycles. The number of ether oxygens (including phenoxy) is 3. The Hall–Kier alpha value is -0.700. The fourth-order valence-corrected chi connectivity index (χ4v) is 3.83. The number of nitrogens with one attached hydrogen (secondary N) is 3. The summed E-state index contributed by atoms with van der Waals surface area (Å²) in [5.74, 6) is -1.77. The summed E-state index contributed by atoms with van der Waals surface area (Å²) in [4.78, 5) is 0. The van der Waals surface area contributed by atoms with Gasteiger partial charge in [-0.15, -0.1) is 0 Å². The van der Waals surface area contributed by atoms with Crippen molar-refractivity contribution in [2.45, 2.75) is 81.4 Å². The molecular weight excluding hydrogens is 412 g/mol. The summed E-state index contributed by atoms with van der Waals surface area (Å²) < 4.78 is 96.9. The highest BCUT2D eigenvalue weighted by atomic mass is 19.4. The lowest BCUT2D eigenvalue weighted by Gasteiger charge is -2.41. The van der Waals surface area contributed by atoms with Gasteiger partial charge in [-0.25, -0.2) is 10.9 Å². The molecule has 3 rings (SSSR count). The number of rotatable bonds is 0. The van der Waals surface area contributed by atoms with Crippen LogP contribution in [0.3, 0.4) is 0 Å². The molecule has 3 aliphatic heterocycles. The van der Waals surface area contributed by atoms with E-state index in [-0.39, 0.29) is 32.5 Å². The van der Waals surface area contributed by atoms with Crippen LogP contribution in [-0.4, -0.2) is 67.1 Å². The predicted molar refractivity (Wildman–Crippen MR) is 86.0 cm³/mol.